The van der Waals surface area contributed by atoms with Crippen molar-refractivity contribution in [3.05, 3.63) is 40.6 Å². The number of nitro benzene ring substituents is 1. The molecule has 0 radical (unpaired) electrons. The summed E-state index contributed by atoms with van der Waals surface area (Å²) in [6.07, 6.45) is 2.52. The van der Waals surface area contributed by atoms with Gasteiger partial charge in [0.05, 0.1) is 10.3 Å². The number of nitro groups is 1. The maximum atomic E-state index is 12.3. The molecule has 1 amide bonds. The minimum absolute atomic E-state index is 0.107. The fourth-order valence-corrected chi connectivity index (χ4v) is 3.00. The van der Waals surface area contributed by atoms with Gasteiger partial charge < -0.3 is 19.5 Å². The molecule has 1 atom stereocenters. The average molecular weight is 437 g/mol. The molecular weight excluding hydrogens is 414 g/mol. The van der Waals surface area contributed by atoms with E-state index in [2.05, 4.69) is 10.3 Å². The van der Waals surface area contributed by atoms with E-state index in [-0.39, 0.29) is 22.7 Å². The fraction of sp³-hybridized carbons (Fsp3) is 0.421. The summed E-state index contributed by atoms with van der Waals surface area (Å²) in [5, 5.41) is 13.9. The SMILES string of the molecule is CSCC(NC(=O)OC(C)(C)C)C(=O)OCOc1ccc([N+](=O)[O-])c2cccnc12. The number of nitrogens with one attached hydrogen (secondary N) is 1. The molecule has 162 valence electrons. The molecule has 1 aromatic heterocycles. The van der Waals surface area contributed by atoms with E-state index in [0.29, 0.717) is 5.39 Å². The summed E-state index contributed by atoms with van der Waals surface area (Å²) in [7, 11) is 0. The summed E-state index contributed by atoms with van der Waals surface area (Å²) < 4.78 is 15.7. The van der Waals surface area contributed by atoms with E-state index in [0.717, 1.165) is 0 Å². The molecule has 1 unspecified atom stereocenters. The Bertz CT molecular complexity index is 930. The van der Waals surface area contributed by atoms with Crippen molar-refractivity contribution >= 4 is 40.4 Å². The van der Waals surface area contributed by atoms with Gasteiger partial charge in [-0.1, -0.05) is 0 Å². The van der Waals surface area contributed by atoms with E-state index in [1.807, 2.05) is 0 Å². The zero-order chi connectivity index (χ0) is 22.3. The Morgan fingerprint density at radius 3 is 2.67 bits per heavy atom. The number of amides is 1. The number of hydrogen-bond donors (Lipinski definition) is 1. The van der Waals surface area contributed by atoms with Crippen molar-refractivity contribution in [1.82, 2.24) is 10.3 Å². The minimum atomic E-state index is -0.926. The summed E-state index contributed by atoms with van der Waals surface area (Å²) in [6, 6.07) is 4.89. The Hall–Kier alpha value is -3.08. The Morgan fingerprint density at radius 2 is 2.03 bits per heavy atom. The molecule has 0 aliphatic heterocycles. The number of carbonyl (C=O) groups is 2. The van der Waals surface area contributed by atoms with Crippen molar-refractivity contribution < 1.29 is 28.7 Å². The van der Waals surface area contributed by atoms with Gasteiger partial charge in [-0.05, 0) is 45.2 Å². The van der Waals surface area contributed by atoms with Gasteiger partial charge in [0.1, 0.15) is 22.9 Å². The van der Waals surface area contributed by atoms with Crippen LogP contribution in [0.5, 0.6) is 5.75 Å². The van der Waals surface area contributed by atoms with Crippen LogP contribution >= 0.6 is 11.8 Å². The maximum absolute atomic E-state index is 12.3. The van der Waals surface area contributed by atoms with Crippen molar-refractivity contribution in [2.75, 3.05) is 18.8 Å². The first-order chi connectivity index (χ1) is 14.1. The molecule has 0 fully saturated rings. The highest BCUT2D eigenvalue weighted by molar-refractivity contribution is 7.98. The molecule has 0 saturated carbocycles. The Morgan fingerprint density at radius 1 is 1.30 bits per heavy atom. The molecule has 2 aromatic rings. The summed E-state index contributed by atoms with van der Waals surface area (Å²) in [5.74, 6) is -0.194. The van der Waals surface area contributed by atoms with Crippen LogP contribution in [0.25, 0.3) is 10.9 Å². The topological polar surface area (TPSA) is 130 Å². The smallest absolute Gasteiger partial charge is 0.408 e. The molecule has 2 rings (SSSR count). The molecule has 0 spiro atoms. The zero-order valence-corrected chi connectivity index (χ0v) is 17.9. The highest BCUT2D eigenvalue weighted by Gasteiger charge is 2.25. The number of alkyl carbamates (subject to hydrolysis) is 1. The number of rotatable bonds is 8. The van der Waals surface area contributed by atoms with Gasteiger partial charge in [-0.2, -0.15) is 11.8 Å². The van der Waals surface area contributed by atoms with Gasteiger partial charge in [0.25, 0.3) is 5.69 Å². The largest absolute Gasteiger partial charge is 0.455 e. The maximum Gasteiger partial charge on any atom is 0.408 e. The molecule has 0 saturated heterocycles. The molecule has 10 nitrogen and oxygen atoms in total. The van der Waals surface area contributed by atoms with Crippen LogP contribution in [0.3, 0.4) is 0 Å². The molecular formula is C19H23N3O7S. The first-order valence-corrected chi connectivity index (χ1v) is 10.3. The van der Waals surface area contributed by atoms with Crippen LogP contribution in [-0.4, -0.2) is 52.4 Å². The van der Waals surface area contributed by atoms with Crippen molar-refractivity contribution in [3.8, 4) is 5.75 Å². The number of pyridine rings is 1. The molecule has 1 aromatic carbocycles. The molecule has 0 aliphatic carbocycles. The van der Waals surface area contributed by atoms with E-state index in [4.69, 9.17) is 14.2 Å². The molecule has 30 heavy (non-hydrogen) atoms. The van der Waals surface area contributed by atoms with Crippen LogP contribution in [0.15, 0.2) is 30.5 Å². The summed E-state index contributed by atoms with van der Waals surface area (Å²) in [6.45, 7) is 4.68. The molecule has 11 heteroatoms. The lowest BCUT2D eigenvalue weighted by Crippen LogP contribution is -2.46. The van der Waals surface area contributed by atoms with Crippen LogP contribution in [-0.2, 0) is 14.3 Å². The van der Waals surface area contributed by atoms with Gasteiger partial charge in [-0.3, -0.25) is 15.1 Å². The Kier molecular flexibility index (Phi) is 7.81. The van der Waals surface area contributed by atoms with E-state index < -0.39 is 35.4 Å². The monoisotopic (exact) mass is 437 g/mol. The predicted molar refractivity (Wildman–Crippen MR) is 112 cm³/mol. The number of esters is 1. The van der Waals surface area contributed by atoms with Crippen LogP contribution in [0.2, 0.25) is 0 Å². The third-order valence-electron chi connectivity index (χ3n) is 3.63. The van der Waals surface area contributed by atoms with Crippen molar-refractivity contribution in [1.29, 1.82) is 0 Å². The molecule has 0 bridgehead atoms. The van der Waals surface area contributed by atoms with Gasteiger partial charge in [0, 0.05) is 18.0 Å². The predicted octanol–water partition coefficient (Wildman–Crippen LogP) is 3.28. The zero-order valence-electron chi connectivity index (χ0n) is 17.0. The first kappa shape index (κ1) is 23.2. The standard InChI is InChI=1S/C19H23N3O7S/c1-19(2,3)29-18(24)21-13(10-30-4)17(23)28-11-27-15-8-7-14(22(25)26)12-6-5-9-20-16(12)15/h5-9,13H,10-11H2,1-4H3,(H,21,24). The number of nitrogens with zero attached hydrogens (tertiary/aromatic N) is 2. The third kappa shape index (κ3) is 6.48. The lowest BCUT2D eigenvalue weighted by Gasteiger charge is -2.22. The van der Waals surface area contributed by atoms with Crippen molar-refractivity contribution in [2.45, 2.75) is 32.4 Å². The second kappa shape index (κ2) is 10.1. The quantitative estimate of drug-likeness (QED) is 0.286. The first-order valence-electron chi connectivity index (χ1n) is 8.92. The van der Waals surface area contributed by atoms with Gasteiger partial charge in [-0.15, -0.1) is 0 Å². The Labute approximate surface area is 177 Å². The van der Waals surface area contributed by atoms with Crippen LogP contribution in [0.1, 0.15) is 20.8 Å². The van der Waals surface area contributed by atoms with E-state index in [1.165, 1.54) is 30.1 Å². The lowest BCUT2D eigenvalue weighted by molar-refractivity contribution is -0.383. The second-order valence-electron chi connectivity index (χ2n) is 7.12. The number of fused-ring (bicyclic) bond motifs is 1. The summed E-state index contributed by atoms with van der Waals surface area (Å²) >= 11 is 1.35. The highest BCUT2D eigenvalue weighted by atomic mass is 32.2. The third-order valence-corrected chi connectivity index (χ3v) is 4.30. The number of benzene rings is 1. The van der Waals surface area contributed by atoms with Gasteiger partial charge in [0.2, 0.25) is 6.79 Å². The number of hydrogen-bond acceptors (Lipinski definition) is 9. The number of ether oxygens (including phenoxy) is 3. The van der Waals surface area contributed by atoms with E-state index in [9.17, 15) is 19.7 Å². The van der Waals surface area contributed by atoms with Gasteiger partial charge >= 0.3 is 12.1 Å². The number of carbonyl (C=O) groups excluding carboxylic acids is 2. The van der Waals surface area contributed by atoms with E-state index >= 15 is 0 Å². The average Bonchev–Trinajstić information content (AvgIpc) is 2.66. The molecule has 0 aliphatic rings. The van der Waals surface area contributed by atoms with Gasteiger partial charge in [-0.25, -0.2) is 9.59 Å². The van der Waals surface area contributed by atoms with Crippen molar-refractivity contribution in [3.63, 3.8) is 0 Å². The van der Waals surface area contributed by atoms with Crippen LogP contribution < -0.4 is 10.1 Å². The summed E-state index contributed by atoms with van der Waals surface area (Å²) in [5.41, 5.74) is -0.537. The molecule has 1 heterocycles. The van der Waals surface area contributed by atoms with Crippen LogP contribution in [0.4, 0.5) is 10.5 Å². The number of non-ortho nitro benzene ring substituents is 1. The second-order valence-corrected chi connectivity index (χ2v) is 8.03. The lowest BCUT2D eigenvalue weighted by atomic mass is 10.1. The van der Waals surface area contributed by atoms with Crippen LogP contribution in [0, 0.1) is 10.1 Å². The number of aromatic nitrogens is 1. The van der Waals surface area contributed by atoms with Gasteiger partial charge in [0.15, 0.2) is 0 Å². The highest BCUT2D eigenvalue weighted by Crippen LogP contribution is 2.31. The van der Waals surface area contributed by atoms with Crippen molar-refractivity contribution in [2.24, 2.45) is 0 Å². The normalized spacial score (nSPS) is 12.1. The fourth-order valence-electron chi connectivity index (χ4n) is 2.44. The Balaban J connectivity index is 2.02. The molecule has 1 N–H and O–H groups in total. The van der Waals surface area contributed by atoms with E-state index in [1.54, 1.807) is 39.2 Å². The minimum Gasteiger partial charge on any atom is -0.455 e. The summed E-state index contributed by atoms with van der Waals surface area (Å²) in [4.78, 5) is 39.0. The number of thioether (sulfide) groups is 1.